The van der Waals surface area contributed by atoms with E-state index < -0.39 is 0 Å². The van der Waals surface area contributed by atoms with Crippen molar-refractivity contribution in [3.05, 3.63) is 24.3 Å². The first-order valence-electron chi connectivity index (χ1n) is 3.94. The second-order valence-corrected chi connectivity index (χ2v) is 4.56. The Labute approximate surface area is 94.1 Å². The molecule has 0 unspecified atom stereocenters. The first-order chi connectivity index (χ1) is 6.40. The normalized spacial score (nSPS) is 10.5. The fourth-order valence-electron chi connectivity index (χ4n) is 1.04. The minimum Gasteiger partial charge on any atom is -0.469 e. The fraction of sp³-hybridized carbons (Fsp3) is 0.222. The molecule has 1 aromatic heterocycles. The number of hydrogen-bond acceptors (Lipinski definition) is 3. The monoisotopic (exact) mass is 305 g/mol. The summed E-state index contributed by atoms with van der Waals surface area (Å²) in [6.45, 7) is 0.736. The highest BCUT2D eigenvalue weighted by Gasteiger charge is 2.02. The maximum Gasteiger partial charge on any atom is 0.274 e. The lowest BCUT2D eigenvalue weighted by atomic mass is 10.3. The van der Waals surface area contributed by atoms with Gasteiger partial charge in [-0.15, -0.1) is 0 Å². The van der Waals surface area contributed by atoms with Crippen LogP contribution in [0.3, 0.4) is 0 Å². The number of fused-ring (bicyclic) bond motifs is 1. The average molecular weight is 305 g/mol. The standard InChI is InChI=1S/C9H8INOS/c10-5-6-12-9-11-7-3-1-2-4-8(7)13-9/h1-4H,5-6H2. The van der Waals surface area contributed by atoms with E-state index in [9.17, 15) is 0 Å². The van der Waals surface area contributed by atoms with Crippen molar-refractivity contribution < 1.29 is 4.74 Å². The topological polar surface area (TPSA) is 22.1 Å². The van der Waals surface area contributed by atoms with E-state index in [1.807, 2.05) is 18.2 Å². The van der Waals surface area contributed by atoms with Crippen molar-refractivity contribution in [1.82, 2.24) is 4.98 Å². The summed E-state index contributed by atoms with van der Waals surface area (Å²) in [7, 11) is 0. The lowest BCUT2D eigenvalue weighted by molar-refractivity contribution is 0.345. The van der Waals surface area contributed by atoms with Gasteiger partial charge in [0.2, 0.25) is 0 Å². The number of aromatic nitrogens is 1. The van der Waals surface area contributed by atoms with Gasteiger partial charge in [0.15, 0.2) is 0 Å². The molecular weight excluding hydrogens is 297 g/mol. The molecule has 1 aromatic carbocycles. The Morgan fingerprint density at radius 1 is 1.38 bits per heavy atom. The van der Waals surface area contributed by atoms with Gasteiger partial charge in [-0.2, -0.15) is 0 Å². The van der Waals surface area contributed by atoms with Crippen LogP contribution in [0.2, 0.25) is 0 Å². The van der Waals surface area contributed by atoms with Gasteiger partial charge in [0, 0.05) is 4.43 Å². The second-order valence-electron chi connectivity index (χ2n) is 2.48. The zero-order valence-corrected chi connectivity index (χ0v) is 9.84. The number of ether oxygens (including phenoxy) is 1. The van der Waals surface area contributed by atoms with Crippen LogP contribution in [0.4, 0.5) is 0 Å². The number of benzene rings is 1. The SMILES string of the molecule is ICCOc1nc2ccccc2s1. The molecule has 2 nitrogen and oxygen atoms in total. The highest BCUT2D eigenvalue weighted by Crippen LogP contribution is 2.27. The molecule has 0 amide bonds. The van der Waals surface area contributed by atoms with Gasteiger partial charge in [0.05, 0.1) is 16.8 Å². The van der Waals surface area contributed by atoms with E-state index >= 15 is 0 Å². The molecule has 0 aliphatic carbocycles. The molecule has 0 saturated carbocycles. The van der Waals surface area contributed by atoms with Crippen LogP contribution in [-0.4, -0.2) is 16.0 Å². The lowest BCUT2D eigenvalue weighted by Gasteiger charge is -1.95. The summed E-state index contributed by atoms with van der Waals surface area (Å²) < 4.78 is 7.62. The number of thiazole rings is 1. The van der Waals surface area contributed by atoms with Gasteiger partial charge in [-0.25, -0.2) is 4.98 Å². The molecule has 2 rings (SSSR count). The molecule has 1 heterocycles. The quantitative estimate of drug-likeness (QED) is 0.642. The number of halogens is 1. The second kappa shape index (κ2) is 4.23. The minimum atomic E-state index is 0.736. The Morgan fingerprint density at radius 2 is 2.23 bits per heavy atom. The van der Waals surface area contributed by atoms with Crippen molar-refractivity contribution in [2.45, 2.75) is 0 Å². The van der Waals surface area contributed by atoms with Crippen molar-refractivity contribution in [3.8, 4) is 5.19 Å². The highest BCUT2D eigenvalue weighted by molar-refractivity contribution is 14.1. The van der Waals surface area contributed by atoms with Gasteiger partial charge < -0.3 is 4.74 Å². The Hall–Kier alpha value is -0.360. The first-order valence-corrected chi connectivity index (χ1v) is 6.28. The zero-order valence-electron chi connectivity index (χ0n) is 6.87. The van der Waals surface area contributed by atoms with Crippen molar-refractivity contribution in [2.75, 3.05) is 11.0 Å². The molecule has 68 valence electrons. The van der Waals surface area contributed by atoms with Gasteiger partial charge in [-0.05, 0) is 12.1 Å². The van der Waals surface area contributed by atoms with Crippen LogP contribution in [-0.2, 0) is 0 Å². The molecule has 0 bridgehead atoms. The minimum absolute atomic E-state index is 0.736. The van der Waals surface area contributed by atoms with Crippen molar-refractivity contribution in [2.24, 2.45) is 0 Å². The third-order valence-electron chi connectivity index (χ3n) is 1.58. The highest BCUT2D eigenvalue weighted by atomic mass is 127. The molecule has 0 saturated heterocycles. The smallest absolute Gasteiger partial charge is 0.274 e. The molecule has 0 radical (unpaired) electrons. The summed E-state index contributed by atoms with van der Waals surface area (Å²) in [5.74, 6) is 0. The third-order valence-corrected chi connectivity index (χ3v) is 2.97. The van der Waals surface area contributed by atoms with Crippen molar-refractivity contribution in [3.63, 3.8) is 0 Å². The zero-order chi connectivity index (χ0) is 9.10. The van der Waals surface area contributed by atoms with Crippen molar-refractivity contribution in [1.29, 1.82) is 0 Å². The summed E-state index contributed by atoms with van der Waals surface area (Å²) in [5.41, 5.74) is 1.02. The van der Waals surface area contributed by atoms with Crippen LogP contribution < -0.4 is 4.74 Å². The van der Waals surface area contributed by atoms with Gasteiger partial charge >= 0.3 is 0 Å². The predicted octanol–water partition coefficient (Wildman–Crippen LogP) is 3.11. The molecule has 0 aliphatic heterocycles. The molecule has 0 N–H and O–H groups in total. The molecule has 0 spiro atoms. The Balaban J connectivity index is 2.28. The van der Waals surface area contributed by atoms with Crippen LogP contribution in [0.15, 0.2) is 24.3 Å². The van der Waals surface area contributed by atoms with E-state index in [0.29, 0.717) is 0 Å². The van der Waals surface area contributed by atoms with E-state index in [0.717, 1.165) is 21.7 Å². The number of nitrogens with zero attached hydrogens (tertiary/aromatic N) is 1. The van der Waals surface area contributed by atoms with E-state index in [2.05, 4.69) is 33.6 Å². The van der Waals surface area contributed by atoms with Gasteiger partial charge in [-0.3, -0.25) is 0 Å². The van der Waals surface area contributed by atoms with Gasteiger partial charge in [-0.1, -0.05) is 46.1 Å². The van der Waals surface area contributed by atoms with E-state index in [1.54, 1.807) is 11.3 Å². The number of para-hydroxylation sites is 1. The molecule has 13 heavy (non-hydrogen) atoms. The summed E-state index contributed by atoms with van der Waals surface area (Å²) in [4.78, 5) is 4.34. The Bertz CT molecular complexity index is 368. The van der Waals surface area contributed by atoms with Crippen molar-refractivity contribution >= 4 is 44.1 Å². The lowest BCUT2D eigenvalue weighted by Crippen LogP contribution is -1.96. The van der Waals surface area contributed by atoms with Crippen LogP contribution >= 0.6 is 33.9 Å². The van der Waals surface area contributed by atoms with E-state index in [-0.39, 0.29) is 0 Å². The third kappa shape index (κ3) is 2.11. The molecule has 0 atom stereocenters. The molecule has 0 fully saturated rings. The summed E-state index contributed by atoms with van der Waals surface area (Å²) >= 11 is 3.89. The molecular formula is C9H8INOS. The van der Waals surface area contributed by atoms with E-state index in [4.69, 9.17) is 4.74 Å². The summed E-state index contributed by atoms with van der Waals surface area (Å²) in [6, 6.07) is 8.07. The average Bonchev–Trinajstić information content (AvgIpc) is 2.57. The molecule has 0 aliphatic rings. The predicted molar refractivity (Wildman–Crippen MR) is 64.0 cm³/mol. The fourth-order valence-corrected chi connectivity index (χ4v) is 2.10. The first kappa shape index (κ1) is 9.21. The molecule has 4 heteroatoms. The van der Waals surface area contributed by atoms with Crippen LogP contribution in [0.1, 0.15) is 0 Å². The van der Waals surface area contributed by atoms with Crippen LogP contribution in [0.5, 0.6) is 5.19 Å². The number of alkyl halides is 1. The van der Waals surface area contributed by atoms with Gasteiger partial charge in [0.25, 0.3) is 5.19 Å². The maximum absolute atomic E-state index is 5.44. The summed E-state index contributed by atoms with van der Waals surface area (Å²) in [5, 5.41) is 0.776. The largest absolute Gasteiger partial charge is 0.469 e. The number of rotatable bonds is 3. The van der Waals surface area contributed by atoms with Crippen LogP contribution in [0.25, 0.3) is 10.2 Å². The van der Waals surface area contributed by atoms with Gasteiger partial charge in [0.1, 0.15) is 0 Å². The summed E-state index contributed by atoms with van der Waals surface area (Å²) in [6.07, 6.45) is 0. The Kier molecular flexibility index (Phi) is 3.00. The Morgan fingerprint density at radius 3 is 3.00 bits per heavy atom. The maximum atomic E-state index is 5.44. The van der Waals surface area contributed by atoms with E-state index in [1.165, 1.54) is 4.70 Å². The molecule has 2 aromatic rings. The van der Waals surface area contributed by atoms with Crippen LogP contribution in [0, 0.1) is 0 Å². The number of hydrogen-bond donors (Lipinski definition) is 0.